The third-order valence-electron chi connectivity index (χ3n) is 1.17. The molecule has 80 valence electrons. The summed E-state index contributed by atoms with van der Waals surface area (Å²) in [6, 6.07) is 0. The minimum atomic E-state index is -0.481. The van der Waals surface area contributed by atoms with E-state index >= 15 is 0 Å². The predicted molar refractivity (Wildman–Crippen MR) is 54.9 cm³/mol. The van der Waals surface area contributed by atoms with Gasteiger partial charge in [-0.05, 0) is 6.08 Å². The quantitative estimate of drug-likeness (QED) is 0.396. The van der Waals surface area contributed by atoms with Crippen LogP contribution in [0.1, 0.15) is 0 Å². The molecule has 0 unspecified atom stereocenters. The average Bonchev–Trinajstić information content (AvgIpc) is 2.05. The number of amides is 1. The second-order valence-electron chi connectivity index (χ2n) is 2.93. The van der Waals surface area contributed by atoms with Crippen LogP contribution in [0.25, 0.3) is 0 Å². The van der Waals surface area contributed by atoms with Crippen molar-refractivity contribution in [3.63, 3.8) is 0 Å². The van der Waals surface area contributed by atoms with E-state index in [0.717, 1.165) is 6.08 Å². The van der Waals surface area contributed by atoms with Crippen LogP contribution in [-0.2, 0) is 9.36 Å². The molecule has 0 aromatic heterocycles. The molecule has 5 nitrogen and oxygen atoms in total. The first-order chi connectivity index (χ1) is 6.39. The van der Waals surface area contributed by atoms with E-state index in [0.29, 0.717) is 11.0 Å². The van der Waals surface area contributed by atoms with Gasteiger partial charge in [0.25, 0.3) is 0 Å². The molecule has 0 fully saturated rings. The predicted octanol–water partition coefficient (Wildman–Crippen LogP) is -0.0788. The summed E-state index contributed by atoms with van der Waals surface area (Å²) in [5, 5.41) is 8.47. The van der Waals surface area contributed by atoms with Gasteiger partial charge in [-0.1, -0.05) is 6.58 Å². The van der Waals surface area contributed by atoms with Gasteiger partial charge in [0, 0.05) is 0 Å². The van der Waals surface area contributed by atoms with Crippen molar-refractivity contribution in [1.29, 1.82) is 0 Å². The molecule has 0 rings (SSSR count). The molecule has 0 aromatic carbocycles. The fourth-order valence-corrected chi connectivity index (χ4v) is 0.732. The summed E-state index contributed by atoms with van der Waals surface area (Å²) in [7, 11) is 3.54. The van der Waals surface area contributed by atoms with Crippen LogP contribution in [0.4, 0.5) is 0 Å². The number of carbonyl (C=O) groups excluding carboxylic acids is 1. The number of hydrogen-bond acceptors (Lipinski definition) is 3. The Bertz CT molecular complexity index is 282. The maximum absolute atomic E-state index is 9.98. The van der Waals surface area contributed by atoms with Gasteiger partial charge in [0.05, 0.1) is 0 Å². The Morgan fingerprint density at radius 1 is 1.71 bits per heavy atom. The first-order valence-corrected chi connectivity index (χ1v) is 4.66. The van der Waals surface area contributed by atoms with Crippen molar-refractivity contribution in [2.45, 2.75) is 0 Å². The van der Waals surface area contributed by atoms with Gasteiger partial charge in [0.1, 0.15) is 0 Å². The van der Waals surface area contributed by atoms with Crippen LogP contribution in [-0.4, -0.2) is 42.7 Å². The van der Waals surface area contributed by atoms with Crippen LogP contribution in [0.5, 0.6) is 0 Å². The van der Waals surface area contributed by atoms with Crippen molar-refractivity contribution in [2.75, 3.05) is 27.2 Å². The molecule has 0 saturated carbocycles. The monoisotopic (exact) mass is 219 g/mol. The molecule has 0 aromatic rings. The number of aliphatic hydroxyl groups excluding tert-OH is 1. The standard InChI is InChI=1S/C5H11NO2P.C3H5NO/c1-6(2,3-4-7)5-9-8;1-2-3(4)5/h7H,3-4H2,1-2H3;2H,1H2,(H2,4,5)/q+1;. The Morgan fingerprint density at radius 2 is 2.14 bits per heavy atom. The summed E-state index contributed by atoms with van der Waals surface area (Å²) in [6.45, 7) is 3.73. The van der Waals surface area contributed by atoms with E-state index in [1.807, 2.05) is 14.1 Å². The SMILES string of the molecule is C=CC(N)=O.C[N+](C)(C#P=O)CCO. The van der Waals surface area contributed by atoms with Crippen LogP contribution < -0.4 is 5.73 Å². The fourth-order valence-electron chi connectivity index (χ4n) is 0.411. The van der Waals surface area contributed by atoms with Gasteiger partial charge < -0.3 is 5.73 Å². The molecule has 0 bridgehead atoms. The summed E-state index contributed by atoms with van der Waals surface area (Å²) in [5.74, 6) is 2.14. The van der Waals surface area contributed by atoms with Crippen molar-refractivity contribution < 1.29 is 18.9 Å². The molecule has 1 amide bonds. The third-order valence-corrected chi connectivity index (χ3v) is 1.79. The van der Waals surface area contributed by atoms with Gasteiger partial charge >= 0.3 is 55.1 Å². The number of carbonyl (C=O) groups is 1. The molecule has 0 heterocycles. The van der Waals surface area contributed by atoms with Gasteiger partial charge in [-0.15, -0.1) is 0 Å². The van der Waals surface area contributed by atoms with Gasteiger partial charge in [-0.25, -0.2) is 0 Å². The van der Waals surface area contributed by atoms with Gasteiger partial charge in [0.2, 0.25) is 5.91 Å². The molecular formula is C8H16N2O3P+. The molecule has 0 aliphatic rings. The molecule has 0 radical (unpaired) electrons. The topological polar surface area (TPSA) is 80.4 Å². The van der Waals surface area contributed by atoms with E-state index < -0.39 is 5.91 Å². The number of aliphatic hydroxyl groups is 1. The zero-order valence-electron chi connectivity index (χ0n) is 8.43. The fraction of sp³-hybridized carbons (Fsp3) is 0.500. The van der Waals surface area contributed by atoms with Crippen LogP contribution >= 0.6 is 7.92 Å². The second kappa shape index (κ2) is 8.73. The first kappa shape index (κ1) is 15.6. The third kappa shape index (κ3) is 13.7. The number of nitrogens with zero attached hydrogens (tertiary/aromatic N) is 1. The second-order valence-corrected chi connectivity index (χ2v) is 3.31. The summed E-state index contributed by atoms with van der Waals surface area (Å²) in [5.41, 5.74) is 4.53. The number of primary amides is 1. The van der Waals surface area contributed by atoms with Gasteiger partial charge in [0.15, 0.2) is 0 Å². The molecule has 0 aliphatic heterocycles. The van der Waals surface area contributed by atoms with Crippen molar-refractivity contribution in [2.24, 2.45) is 5.73 Å². The molecule has 0 saturated heterocycles. The van der Waals surface area contributed by atoms with Crippen LogP contribution in [0, 0.1) is 5.75 Å². The number of quaternary nitrogens is 1. The number of nitrogens with two attached hydrogens (primary N) is 1. The summed E-state index contributed by atoms with van der Waals surface area (Å²) < 4.78 is 10.3. The first-order valence-electron chi connectivity index (χ1n) is 3.85. The van der Waals surface area contributed by atoms with E-state index in [-0.39, 0.29) is 14.5 Å². The average molecular weight is 219 g/mol. The zero-order valence-corrected chi connectivity index (χ0v) is 9.33. The van der Waals surface area contributed by atoms with Crippen molar-refractivity contribution in [3.8, 4) is 5.75 Å². The van der Waals surface area contributed by atoms with Crippen LogP contribution in [0.15, 0.2) is 12.7 Å². The van der Waals surface area contributed by atoms with Crippen molar-refractivity contribution in [3.05, 3.63) is 12.7 Å². The van der Waals surface area contributed by atoms with E-state index in [9.17, 15) is 9.36 Å². The molecule has 0 atom stereocenters. The van der Waals surface area contributed by atoms with E-state index in [1.54, 1.807) is 0 Å². The molecule has 3 N–H and O–H groups in total. The number of rotatable bonds is 3. The maximum atomic E-state index is 9.98. The molecule has 0 spiro atoms. The molecular weight excluding hydrogens is 203 g/mol. The minimum absolute atomic E-state index is 0.0928. The molecule has 6 heteroatoms. The Labute approximate surface area is 84.9 Å². The summed E-state index contributed by atoms with van der Waals surface area (Å²) in [6.07, 6.45) is 1.06. The summed E-state index contributed by atoms with van der Waals surface area (Å²) in [4.78, 5) is 9.47. The van der Waals surface area contributed by atoms with E-state index in [4.69, 9.17) is 5.11 Å². The molecule has 0 aliphatic carbocycles. The normalized spacial score (nSPS) is 9.07. The Balaban J connectivity index is 0. The Morgan fingerprint density at radius 3 is 2.36 bits per heavy atom. The Kier molecular flexibility index (Phi) is 9.73. The van der Waals surface area contributed by atoms with Crippen molar-refractivity contribution in [1.82, 2.24) is 0 Å². The van der Waals surface area contributed by atoms with Gasteiger partial charge in [-0.2, -0.15) is 0 Å². The zero-order chi connectivity index (χ0) is 11.6. The van der Waals surface area contributed by atoms with Crippen LogP contribution in [0.3, 0.4) is 0 Å². The van der Waals surface area contributed by atoms with Crippen molar-refractivity contribution >= 4 is 13.8 Å². The molecule has 14 heavy (non-hydrogen) atoms. The van der Waals surface area contributed by atoms with E-state index in [2.05, 4.69) is 18.1 Å². The number of hydrogen-bond donors (Lipinski definition) is 2. The summed E-state index contributed by atoms with van der Waals surface area (Å²) >= 11 is 0. The number of likely N-dealkylation sites (N-methyl/N-ethyl adjacent to an activating group) is 1. The van der Waals surface area contributed by atoms with E-state index in [1.165, 1.54) is 0 Å². The van der Waals surface area contributed by atoms with Gasteiger partial charge in [-0.3, -0.25) is 4.79 Å². The Hall–Kier alpha value is -0.860. The van der Waals surface area contributed by atoms with Crippen LogP contribution in [0.2, 0.25) is 0 Å².